The van der Waals surface area contributed by atoms with Crippen molar-refractivity contribution < 1.29 is 4.52 Å². The van der Waals surface area contributed by atoms with Gasteiger partial charge in [0.15, 0.2) is 11.8 Å². The molecule has 0 amide bonds. The summed E-state index contributed by atoms with van der Waals surface area (Å²) in [7, 11) is 0. The molecule has 2 rings (SSSR count). The van der Waals surface area contributed by atoms with E-state index < -0.39 is 0 Å². The summed E-state index contributed by atoms with van der Waals surface area (Å²) in [6, 6.07) is 8.35. The molecule has 0 saturated carbocycles. The zero-order chi connectivity index (χ0) is 15.1. The van der Waals surface area contributed by atoms with Crippen LogP contribution in [0.25, 0.3) is 0 Å². The van der Waals surface area contributed by atoms with Crippen LogP contribution in [0.4, 0.5) is 0 Å². The minimum atomic E-state index is 0. The monoisotopic (exact) mass is 415 g/mol. The first kappa shape index (κ1) is 18.4. The number of nitrogens with zero attached hydrogens (tertiary/aromatic N) is 3. The summed E-state index contributed by atoms with van der Waals surface area (Å²) < 4.78 is 5.06. The van der Waals surface area contributed by atoms with Crippen molar-refractivity contribution in [3.8, 4) is 0 Å². The van der Waals surface area contributed by atoms with Gasteiger partial charge in [0.1, 0.15) is 0 Å². The van der Waals surface area contributed by atoms with Gasteiger partial charge in [-0.05, 0) is 26.3 Å². The Kier molecular flexibility index (Phi) is 7.86. The topological polar surface area (TPSA) is 75.3 Å². The van der Waals surface area contributed by atoms with Crippen LogP contribution < -0.4 is 10.6 Å². The van der Waals surface area contributed by atoms with E-state index in [0.717, 1.165) is 12.5 Å². The van der Waals surface area contributed by atoms with E-state index in [1.807, 2.05) is 6.92 Å². The first-order valence-electron chi connectivity index (χ1n) is 7.04. The van der Waals surface area contributed by atoms with Crippen LogP contribution in [0.5, 0.6) is 0 Å². The highest BCUT2D eigenvalue weighted by atomic mass is 127. The quantitative estimate of drug-likeness (QED) is 0.446. The minimum absolute atomic E-state index is 0. The van der Waals surface area contributed by atoms with E-state index in [1.54, 1.807) is 6.92 Å². The zero-order valence-electron chi connectivity index (χ0n) is 13.1. The Hall–Kier alpha value is -1.64. The molecule has 0 fully saturated rings. The summed E-state index contributed by atoms with van der Waals surface area (Å²) in [6.45, 7) is 7.77. The molecule has 1 aromatic heterocycles. The molecule has 0 aliphatic carbocycles. The predicted octanol–water partition coefficient (Wildman–Crippen LogP) is 2.56. The van der Waals surface area contributed by atoms with Gasteiger partial charge in [-0.1, -0.05) is 35.0 Å². The number of rotatable bonds is 5. The Labute approximate surface area is 147 Å². The third kappa shape index (κ3) is 6.00. The van der Waals surface area contributed by atoms with Gasteiger partial charge in [0.25, 0.3) is 0 Å². The minimum Gasteiger partial charge on any atom is -0.357 e. The van der Waals surface area contributed by atoms with Crippen molar-refractivity contribution in [1.82, 2.24) is 20.8 Å². The Bertz CT molecular complexity index is 594. The van der Waals surface area contributed by atoms with Crippen LogP contribution in [0.15, 0.2) is 33.8 Å². The Morgan fingerprint density at radius 3 is 2.50 bits per heavy atom. The van der Waals surface area contributed by atoms with E-state index in [9.17, 15) is 0 Å². The first-order chi connectivity index (χ1) is 10.2. The summed E-state index contributed by atoms with van der Waals surface area (Å²) in [6.07, 6.45) is 0. The Balaban J connectivity index is 0.00000242. The van der Waals surface area contributed by atoms with Crippen molar-refractivity contribution in [2.75, 3.05) is 6.54 Å². The number of aromatic nitrogens is 2. The molecule has 6 nitrogen and oxygen atoms in total. The lowest BCUT2D eigenvalue weighted by atomic mass is 10.1. The van der Waals surface area contributed by atoms with Crippen LogP contribution in [-0.2, 0) is 13.1 Å². The molecule has 0 bridgehead atoms. The van der Waals surface area contributed by atoms with Crippen molar-refractivity contribution in [3.05, 3.63) is 47.1 Å². The molecule has 0 spiro atoms. The third-order valence-corrected chi connectivity index (χ3v) is 2.86. The summed E-state index contributed by atoms with van der Waals surface area (Å²) >= 11 is 0. The molecular formula is C15H22IN5O. The molecular weight excluding hydrogens is 393 g/mol. The molecule has 1 heterocycles. The van der Waals surface area contributed by atoms with Crippen LogP contribution in [0.3, 0.4) is 0 Å². The number of guanidine groups is 1. The van der Waals surface area contributed by atoms with Crippen molar-refractivity contribution in [3.63, 3.8) is 0 Å². The fourth-order valence-corrected chi connectivity index (χ4v) is 1.78. The lowest BCUT2D eigenvalue weighted by Gasteiger charge is -2.09. The van der Waals surface area contributed by atoms with Crippen LogP contribution >= 0.6 is 24.0 Å². The number of aliphatic imine (C=N–C) groups is 1. The van der Waals surface area contributed by atoms with Crippen LogP contribution in [0.2, 0.25) is 0 Å². The summed E-state index contributed by atoms with van der Waals surface area (Å²) in [4.78, 5) is 8.69. The van der Waals surface area contributed by atoms with Gasteiger partial charge in [0, 0.05) is 6.54 Å². The average Bonchev–Trinajstić information content (AvgIpc) is 2.89. The summed E-state index contributed by atoms with van der Waals surface area (Å²) in [5.41, 5.74) is 2.42. The normalized spacial score (nSPS) is 11.0. The Morgan fingerprint density at radius 2 is 1.91 bits per heavy atom. The van der Waals surface area contributed by atoms with Crippen LogP contribution in [0, 0.1) is 13.8 Å². The number of nitrogens with one attached hydrogen (secondary N) is 2. The largest absolute Gasteiger partial charge is 0.357 e. The number of halogens is 1. The molecule has 1 aromatic carbocycles. The molecule has 0 radical (unpaired) electrons. The van der Waals surface area contributed by atoms with Gasteiger partial charge < -0.3 is 15.2 Å². The third-order valence-electron chi connectivity index (χ3n) is 2.86. The smallest absolute Gasteiger partial charge is 0.246 e. The molecule has 0 aliphatic rings. The van der Waals surface area contributed by atoms with Gasteiger partial charge in [0.2, 0.25) is 5.89 Å². The van der Waals surface area contributed by atoms with Gasteiger partial charge in [0.05, 0.1) is 13.1 Å². The van der Waals surface area contributed by atoms with E-state index in [4.69, 9.17) is 4.52 Å². The maximum Gasteiger partial charge on any atom is 0.246 e. The SMILES string of the molecule is CCNC(=NCc1ccc(C)cc1)NCc1nc(C)no1.I. The second-order valence-corrected chi connectivity index (χ2v) is 4.77. The van der Waals surface area contributed by atoms with E-state index in [0.29, 0.717) is 24.8 Å². The maximum absolute atomic E-state index is 5.06. The van der Waals surface area contributed by atoms with E-state index in [1.165, 1.54) is 11.1 Å². The molecule has 0 atom stereocenters. The van der Waals surface area contributed by atoms with E-state index >= 15 is 0 Å². The van der Waals surface area contributed by atoms with Gasteiger partial charge >= 0.3 is 0 Å². The fraction of sp³-hybridized carbons (Fsp3) is 0.400. The van der Waals surface area contributed by atoms with Crippen molar-refractivity contribution in [1.29, 1.82) is 0 Å². The average molecular weight is 415 g/mol. The second-order valence-electron chi connectivity index (χ2n) is 4.77. The van der Waals surface area contributed by atoms with Crippen LogP contribution in [0.1, 0.15) is 29.8 Å². The highest BCUT2D eigenvalue weighted by Gasteiger charge is 2.04. The number of hydrogen-bond donors (Lipinski definition) is 2. The van der Waals surface area contributed by atoms with Gasteiger partial charge in [-0.15, -0.1) is 24.0 Å². The van der Waals surface area contributed by atoms with E-state index in [2.05, 4.69) is 57.0 Å². The first-order valence-corrected chi connectivity index (χ1v) is 7.04. The lowest BCUT2D eigenvalue weighted by molar-refractivity contribution is 0.371. The molecule has 0 saturated heterocycles. The molecule has 22 heavy (non-hydrogen) atoms. The van der Waals surface area contributed by atoms with Crippen molar-refractivity contribution >= 4 is 29.9 Å². The zero-order valence-corrected chi connectivity index (χ0v) is 15.4. The highest BCUT2D eigenvalue weighted by molar-refractivity contribution is 14.0. The summed E-state index contributed by atoms with van der Waals surface area (Å²) in [5.74, 6) is 1.91. The highest BCUT2D eigenvalue weighted by Crippen LogP contribution is 2.04. The van der Waals surface area contributed by atoms with E-state index in [-0.39, 0.29) is 24.0 Å². The Morgan fingerprint density at radius 1 is 1.18 bits per heavy atom. The lowest BCUT2D eigenvalue weighted by Crippen LogP contribution is -2.36. The summed E-state index contributed by atoms with van der Waals surface area (Å²) in [5, 5.41) is 10.1. The molecule has 2 N–H and O–H groups in total. The standard InChI is InChI=1S/C15H21N5O.HI/c1-4-16-15(18-10-14-19-12(3)20-21-14)17-9-13-7-5-11(2)6-8-13;/h5-8H,4,9-10H2,1-3H3,(H2,16,17,18);1H. The molecule has 7 heteroatoms. The molecule has 0 unspecified atom stereocenters. The van der Waals surface area contributed by atoms with Gasteiger partial charge in [-0.25, -0.2) is 4.99 Å². The predicted molar refractivity (Wildman–Crippen MR) is 97.3 cm³/mol. The van der Waals surface area contributed by atoms with Crippen molar-refractivity contribution in [2.45, 2.75) is 33.9 Å². The maximum atomic E-state index is 5.06. The molecule has 2 aromatic rings. The number of aryl methyl sites for hydroxylation is 2. The second kappa shape index (κ2) is 9.39. The van der Waals surface area contributed by atoms with Gasteiger partial charge in [-0.2, -0.15) is 4.98 Å². The molecule has 120 valence electrons. The van der Waals surface area contributed by atoms with Gasteiger partial charge in [-0.3, -0.25) is 0 Å². The molecule has 0 aliphatic heterocycles. The number of benzene rings is 1. The number of hydrogen-bond acceptors (Lipinski definition) is 4. The van der Waals surface area contributed by atoms with Crippen molar-refractivity contribution in [2.24, 2.45) is 4.99 Å². The van der Waals surface area contributed by atoms with Crippen LogP contribution in [-0.4, -0.2) is 22.6 Å². The fourth-order valence-electron chi connectivity index (χ4n) is 1.78.